The average molecular weight is 306 g/mol. The van der Waals surface area contributed by atoms with Gasteiger partial charge >= 0.3 is 5.97 Å². The molecule has 0 spiro atoms. The van der Waals surface area contributed by atoms with E-state index in [0.29, 0.717) is 11.1 Å². The molecule has 0 aliphatic rings. The van der Waals surface area contributed by atoms with E-state index in [2.05, 4.69) is 0 Å². The van der Waals surface area contributed by atoms with Crippen molar-refractivity contribution in [1.82, 2.24) is 0 Å². The summed E-state index contributed by atoms with van der Waals surface area (Å²) in [5.41, 5.74) is 1.32. The van der Waals surface area contributed by atoms with Gasteiger partial charge in [0.15, 0.2) is 0 Å². The minimum atomic E-state index is -4.39. The number of aryl methyl sites for hydroxylation is 1. The highest BCUT2D eigenvalue weighted by Crippen LogP contribution is 2.33. The highest BCUT2D eigenvalue weighted by molar-refractivity contribution is 7.86. The maximum absolute atomic E-state index is 11.6. The molecule has 2 aromatic carbocycles. The largest absolute Gasteiger partial charge is 0.426 e. The summed E-state index contributed by atoms with van der Waals surface area (Å²) in [5, 5.41) is 0. The lowest BCUT2D eigenvalue weighted by atomic mass is 10.0. The van der Waals surface area contributed by atoms with Crippen molar-refractivity contribution in [3.63, 3.8) is 0 Å². The molecule has 0 fully saturated rings. The summed E-state index contributed by atoms with van der Waals surface area (Å²) in [7, 11) is -4.39. The Balaban J connectivity index is 2.73. The van der Waals surface area contributed by atoms with E-state index in [0.717, 1.165) is 0 Å². The standard InChI is InChI=1S/C15H14O5S/c1-10-8-15(21(17,18)19)13(9-14(10)20-11(2)16)12-6-4-3-5-7-12/h3-9H,1-2H3,(H,17,18,19). The SMILES string of the molecule is CC(=O)Oc1cc(-c2ccccc2)c(S(=O)(=O)O)cc1C. The molecule has 1 N–H and O–H groups in total. The van der Waals surface area contributed by atoms with E-state index in [-0.39, 0.29) is 16.2 Å². The van der Waals surface area contributed by atoms with Crippen LogP contribution in [-0.4, -0.2) is 18.9 Å². The minimum absolute atomic E-state index is 0.220. The first-order valence-electron chi connectivity index (χ1n) is 6.15. The van der Waals surface area contributed by atoms with Crippen LogP contribution in [0.2, 0.25) is 0 Å². The molecule has 0 heterocycles. The van der Waals surface area contributed by atoms with Crippen molar-refractivity contribution in [1.29, 1.82) is 0 Å². The van der Waals surface area contributed by atoms with Crippen molar-refractivity contribution in [3.8, 4) is 16.9 Å². The summed E-state index contributed by atoms with van der Waals surface area (Å²) in [4.78, 5) is 10.9. The van der Waals surface area contributed by atoms with Crippen LogP contribution in [0.5, 0.6) is 5.75 Å². The Hall–Kier alpha value is -2.18. The van der Waals surface area contributed by atoms with E-state index in [9.17, 15) is 17.8 Å². The Morgan fingerprint density at radius 2 is 1.76 bits per heavy atom. The molecular formula is C15H14O5S. The van der Waals surface area contributed by atoms with Gasteiger partial charge in [0, 0.05) is 12.5 Å². The number of carbonyl (C=O) groups excluding carboxylic acids is 1. The Bertz CT molecular complexity index is 779. The maximum atomic E-state index is 11.6. The third-order valence-corrected chi connectivity index (χ3v) is 3.79. The van der Waals surface area contributed by atoms with Crippen molar-refractivity contribution in [2.45, 2.75) is 18.7 Å². The van der Waals surface area contributed by atoms with Crippen LogP contribution in [0.1, 0.15) is 12.5 Å². The lowest BCUT2D eigenvalue weighted by Gasteiger charge is -2.12. The molecule has 110 valence electrons. The van der Waals surface area contributed by atoms with Gasteiger partial charge in [0.05, 0.1) is 0 Å². The molecule has 0 aliphatic carbocycles. The molecule has 5 nitrogen and oxygen atoms in total. The number of rotatable bonds is 3. The zero-order valence-corrected chi connectivity index (χ0v) is 12.3. The van der Waals surface area contributed by atoms with E-state index < -0.39 is 16.1 Å². The normalized spacial score (nSPS) is 11.2. The predicted octanol–water partition coefficient (Wildman–Crippen LogP) is 2.83. The van der Waals surface area contributed by atoms with Gasteiger partial charge in [-0.05, 0) is 30.2 Å². The smallest absolute Gasteiger partial charge is 0.308 e. The van der Waals surface area contributed by atoms with E-state index >= 15 is 0 Å². The summed E-state index contributed by atoms with van der Waals surface area (Å²) in [6.45, 7) is 2.86. The Kier molecular flexibility index (Phi) is 4.11. The van der Waals surface area contributed by atoms with Crippen LogP contribution >= 0.6 is 0 Å². The van der Waals surface area contributed by atoms with Crippen molar-refractivity contribution in [3.05, 3.63) is 48.0 Å². The molecule has 21 heavy (non-hydrogen) atoms. The third kappa shape index (κ3) is 3.48. The van der Waals surface area contributed by atoms with Gasteiger partial charge in [0.1, 0.15) is 10.6 Å². The number of esters is 1. The molecule has 0 saturated carbocycles. The minimum Gasteiger partial charge on any atom is -0.426 e. The molecule has 0 radical (unpaired) electrons. The molecule has 0 saturated heterocycles. The van der Waals surface area contributed by atoms with Gasteiger partial charge in [-0.3, -0.25) is 9.35 Å². The van der Waals surface area contributed by atoms with Crippen molar-refractivity contribution < 1.29 is 22.5 Å². The van der Waals surface area contributed by atoms with Crippen LogP contribution in [0, 0.1) is 6.92 Å². The van der Waals surface area contributed by atoms with Crippen molar-refractivity contribution in [2.24, 2.45) is 0 Å². The predicted molar refractivity (Wildman–Crippen MR) is 77.7 cm³/mol. The van der Waals surface area contributed by atoms with Gasteiger partial charge < -0.3 is 4.74 Å². The second-order valence-corrected chi connectivity index (χ2v) is 5.94. The fourth-order valence-corrected chi connectivity index (χ4v) is 2.76. The number of hydrogen-bond donors (Lipinski definition) is 1. The van der Waals surface area contributed by atoms with Gasteiger partial charge in [-0.1, -0.05) is 30.3 Å². The maximum Gasteiger partial charge on any atom is 0.308 e. The van der Waals surface area contributed by atoms with Crippen LogP contribution in [0.4, 0.5) is 0 Å². The fraction of sp³-hybridized carbons (Fsp3) is 0.133. The lowest BCUT2D eigenvalue weighted by Crippen LogP contribution is -2.06. The average Bonchev–Trinajstić information content (AvgIpc) is 2.40. The molecule has 2 rings (SSSR count). The summed E-state index contributed by atoms with van der Waals surface area (Å²) in [5.74, 6) is -0.245. The summed E-state index contributed by atoms with van der Waals surface area (Å²) in [6.07, 6.45) is 0. The highest BCUT2D eigenvalue weighted by atomic mass is 32.2. The van der Waals surface area contributed by atoms with Crippen molar-refractivity contribution in [2.75, 3.05) is 0 Å². The zero-order valence-electron chi connectivity index (χ0n) is 11.5. The van der Waals surface area contributed by atoms with E-state index in [1.165, 1.54) is 19.1 Å². The number of benzene rings is 2. The molecule has 0 amide bonds. The lowest BCUT2D eigenvalue weighted by molar-refractivity contribution is -0.131. The van der Waals surface area contributed by atoms with Crippen molar-refractivity contribution >= 4 is 16.1 Å². The highest BCUT2D eigenvalue weighted by Gasteiger charge is 2.20. The Morgan fingerprint density at radius 3 is 2.29 bits per heavy atom. The first-order valence-corrected chi connectivity index (χ1v) is 7.59. The molecule has 6 heteroatoms. The molecule has 0 aliphatic heterocycles. The Morgan fingerprint density at radius 1 is 1.14 bits per heavy atom. The summed E-state index contributed by atoms with van der Waals surface area (Å²) in [6, 6.07) is 11.4. The molecular weight excluding hydrogens is 292 g/mol. The monoisotopic (exact) mass is 306 g/mol. The number of ether oxygens (including phenoxy) is 1. The van der Waals surface area contributed by atoms with Gasteiger partial charge in [-0.2, -0.15) is 8.42 Å². The molecule has 0 unspecified atom stereocenters. The first-order chi connectivity index (χ1) is 9.79. The summed E-state index contributed by atoms with van der Waals surface area (Å²) < 4.78 is 37.6. The van der Waals surface area contributed by atoms with Crippen LogP contribution in [-0.2, 0) is 14.9 Å². The zero-order chi connectivity index (χ0) is 15.6. The van der Waals surface area contributed by atoms with Gasteiger partial charge in [0.2, 0.25) is 0 Å². The molecule has 2 aromatic rings. The van der Waals surface area contributed by atoms with Gasteiger partial charge in [-0.25, -0.2) is 0 Å². The molecule has 0 atom stereocenters. The molecule has 0 bridgehead atoms. The third-order valence-electron chi connectivity index (χ3n) is 2.89. The van der Waals surface area contributed by atoms with Crippen LogP contribution in [0.15, 0.2) is 47.4 Å². The Labute approximate surface area is 122 Å². The van der Waals surface area contributed by atoms with Crippen LogP contribution in [0.3, 0.4) is 0 Å². The summed E-state index contributed by atoms with van der Waals surface area (Å²) >= 11 is 0. The van der Waals surface area contributed by atoms with Crippen LogP contribution < -0.4 is 4.74 Å². The van der Waals surface area contributed by atoms with Gasteiger partial charge in [0.25, 0.3) is 10.1 Å². The number of carbonyl (C=O) groups is 1. The van der Waals surface area contributed by atoms with Crippen LogP contribution in [0.25, 0.3) is 11.1 Å². The fourth-order valence-electron chi connectivity index (χ4n) is 1.98. The van der Waals surface area contributed by atoms with Gasteiger partial charge in [-0.15, -0.1) is 0 Å². The van der Waals surface area contributed by atoms with E-state index in [1.54, 1.807) is 37.3 Å². The second kappa shape index (κ2) is 5.67. The first kappa shape index (κ1) is 15.2. The molecule has 0 aromatic heterocycles. The topological polar surface area (TPSA) is 80.7 Å². The van der Waals surface area contributed by atoms with E-state index in [1.807, 2.05) is 0 Å². The number of hydrogen-bond acceptors (Lipinski definition) is 4. The van der Waals surface area contributed by atoms with E-state index in [4.69, 9.17) is 4.74 Å². The second-order valence-electron chi connectivity index (χ2n) is 4.55. The quantitative estimate of drug-likeness (QED) is 0.536.